The highest BCUT2D eigenvalue weighted by molar-refractivity contribution is 14.1. The first kappa shape index (κ1) is 33.7. The summed E-state index contributed by atoms with van der Waals surface area (Å²) in [4.78, 5) is 24.8. The third-order valence-corrected chi connectivity index (χ3v) is 10.4. The number of benzene rings is 4. The van der Waals surface area contributed by atoms with Crippen LogP contribution in [0.4, 0.5) is 22.7 Å². The van der Waals surface area contributed by atoms with Gasteiger partial charge < -0.3 is 10.6 Å². The van der Waals surface area contributed by atoms with Gasteiger partial charge in [0.05, 0.1) is 9.79 Å². The van der Waals surface area contributed by atoms with Crippen LogP contribution in [0.5, 0.6) is 0 Å². The summed E-state index contributed by atoms with van der Waals surface area (Å²) in [5.41, 5.74) is 1.82. The number of unbranched alkanes of at least 4 members (excludes halogenated alkanes) is 1. The quantitative estimate of drug-likeness (QED) is 0.0876. The second-order valence-corrected chi connectivity index (χ2v) is 15.4. The van der Waals surface area contributed by atoms with E-state index in [1.165, 1.54) is 48.5 Å². The molecule has 10 nitrogen and oxygen atoms in total. The maximum Gasteiger partial charge on any atom is 0.261 e. The standard InChI is InChI=1S/C30H28I2N4O6S2/c31-21-5-9-25(10-6-21)35-43(39,40)27-17-13-23(14-18-27)33-29(37)3-1-2-4-30(38)34-24-15-19-28(20-16-24)44(41,42)36-26-11-7-22(32)8-12-26/h5-20,35-36H,1-4H2,(H,33,37)(H,34,38). The molecule has 0 aliphatic rings. The first-order chi connectivity index (χ1) is 20.9. The molecular formula is C30H28I2N4O6S2. The molecule has 0 aromatic heterocycles. The van der Waals surface area contributed by atoms with Crippen LogP contribution >= 0.6 is 45.2 Å². The van der Waals surface area contributed by atoms with Gasteiger partial charge in [0, 0.05) is 42.7 Å². The number of carbonyl (C=O) groups excluding carboxylic acids is 2. The monoisotopic (exact) mass is 858 g/mol. The fourth-order valence-electron chi connectivity index (χ4n) is 3.92. The van der Waals surface area contributed by atoms with Crippen LogP contribution in [-0.2, 0) is 29.6 Å². The van der Waals surface area contributed by atoms with Crippen LogP contribution in [0, 0.1) is 7.14 Å². The first-order valence-electron chi connectivity index (χ1n) is 13.3. The Balaban J connectivity index is 1.17. The molecule has 0 atom stereocenters. The van der Waals surface area contributed by atoms with Gasteiger partial charge in [0.15, 0.2) is 0 Å². The molecule has 0 heterocycles. The van der Waals surface area contributed by atoms with E-state index in [2.05, 4.69) is 65.3 Å². The zero-order valence-electron chi connectivity index (χ0n) is 23.1. The highest BCUT2D eigenvalue weighted by atomic mass is 127. The predicted octanol–water partition coefficient (Wildman–Crippen LogP) is 6.64. The number of rotatable bonds is 13. The fourth-order valence-corrected chi connectivity index (χ4v) is 6.75. The maximum atomic E-state index is 12.6. The number of amides is 2. The third kappa shape index (κ3) is 10.2. The zero-order valence-corrected chi connectivity index (χ0v) is 29.0. The summed E-state index contributed by atoms with van der Waals surface area (Å²) in [6, 6.07) is 25.6. The van der Waals surface area contributed by atoms with Crippen molar-refractivity contribution in [2.75, 3.05) is 20.1 Å². The van der Waals surface area contributed by atoms with Crippen LogP contribution < -0.4 is 20.1 Å². The Hall–Kier alpha value is -3.22. The molecule has 0 saturated carbocycles. The van der Waals surface area contributed by atoms with Gasteiger partial charge in [-0.15, -0.1) is 0 Å². The van der Waals surface area contributed by atoms with Gasteiger partial charge in [0.25, 0.3) is 20.0 Å². The molecule has 0 spiro atoms. The van der Waals surface area contributed by atoms with Crippen LogP contribution in [0.2, 0.25) is 0 Å². The molecule has 0 aliphatic carbocycles. The van der Waals surface area contributed by atoms with Crippen LogP contribution in [0.15, 0.2) is 107 Å². The molecule has 0 unspecified atom stereocenters. The molecule has 4 rings (SSSR count). The van der Waals surface area contributed by atoms with Crippen molar-refractivity contribution >= 4 is 99.8 Å². The van der Waals surface area contributed by atoms with Gasteiger partial charge in [-0.1, -0.05) is 0 Å². The molecule has 0 bridgehead atoms. The zero-order chi connectivity index (χ0) is 31.7. The van der Waals surface area contributed by atoms with Crippen LogP contribution in [0.3, 0.4) is 0 Å². The number of nitrogens with one attached hydrogen (secondary N) is 4. The van der Waals surface area contributed by atoms with Gasteiger partial charge in [-0.3, -0.25) is 19.0 Å². The molecule has 4 aromatic rings. The van der Waals surface area contributed by atoms with Crippen molar-refractivity contribution in [2.24, 2.45) is 0 Å². The summed E-state index contributed by atoms with van der Waals surface area (Å²) in [5.74, 6) is -0.512. The minimum absolute atomic E-state index is 0.0648. The SMILES string of the molecule is O=C(CCCCC(=O)Nc1ccc(S(=O)(=O)Nc2ccc(I)cc2)cc1)Nc1ccc(S(=O)(=O)Nc2ccc(I)cc2)cc1. The van der Waals surface area contributed by atoms with E-state index in [4.69, 9.17) is 0 Å². The van der Waals surface area contributed by atoms with E-state index in [9.17, 15) is 26.4 Å². The number of halogens is 2. The Bertz CT molecular complexity index is 1680. The van der Waals surface area contributed by atoms with Gasteiger partial charge in [-0.25, -0.2) is 16.8 Å². The molecule has 44 heavy (non-hydrogen) atoms. The normalized spacial score (nSPS) is 11.4. The van der Waals surface area contributed by atoms with E-state index in [0.717, 1.165) is 7.14 Å². The Kier molecular flexibility index (Phi) is 11.6. The maximum absolute atomic E-state index is 12.6. The molecular weight excluding hydrogens is 830 g/mol. The minimum Gasteiger partial charge on any atom is -0.326 e. The molecule has 4 N–H and O–H groups in total. The summed E-state index contributed by atoms with van der Waals surface area (Å²) >= 11 is 4.27. The smallest absolute Gasteiger partial charge is 0.261 e. The summed E-state index contributed by atoms with van der Waals surface area (Å²) in [5, 5.41) is 5.46. The number of hydrogen-bond acceptors (Lipinski definition) is 6. The molecule has 2 amide bonds. The van der Waals surface area contributed by atoms with E-state index in [0.29, 0.717) is 35.6 Å². The summed E-state index contributed by atoms with van der Waals surface area (Å²) in [7, 11) is -7.55. The van der Waals surface area contributed by atoms with Gasteiger partial charge in [-0.2, -0.15) is 0 Å². The Morgan fingerprint density at radius 1 is 0.477 bits per heavy atom. The molecule has 0 fully saturated rings. The highest BCUT2D eigenvalue weighted by Gasteiger charge is 2.16. The highest BCUT2D eigenvalue weighted by Crippen LogP contribution is 2.21. The van der Waals surface area contributed by atoms with Gasteiger partial charge >= 0.3 is 0 Å². The molecule has 0 aliphatic heterocycles. The molecule has 14 heteroatoms. The van der Waals surface area contributed by atoms with E-state index in [1.807, 2.05) is 0 Å². The van der Waals surface area contributed by atoms with Crippen LogP contribution in [0.1, 0.15) is 25.7 Å². The van der Waals surface area contributed by atoms with Crippen LogP contribution in [-0.4, -0.2) is 28.6 Å². The Labute approximate surface area is 283 Å². The molecule has 0 saturated heterocycles. The molecule has 0 radical (unpaired) electrons. The van der Waals surface area contributed by atoms with E-state index in [1.54, 1.807) is 48.5 Å². The predicted molar refractivity (Wildman–Crippen MR) is 189 cm³/mol. The Morgan fingerprint density at radius 3 is 1.09 bits per heavy atom. The van der Waals surface area contributed by atoms with E-state index < -0.39 is 20.0 Å². The van der Waals surface area contributed by atoms with Crippen molar-refractivity contribution < 1.29 is 26.4 Å². The second kappa shape index (κ2) is 15.2. The van der Waals surface area contributed by atoms with Crippen molar-refractivity contribution in [3.05, 3.63) is 104 Å². The average molecular weight is 859 g/mol. The van der Waals surface area contributed by atoms with Gasteiger partial charge in [0.2, 0.25) is 11.8 Å². The minimum atomic E-state index is -3.77. The number of hydrogen-bond donors (Lipinski definition) is 4. The largest absolute Gasteiger partial charge is 0.326 e. The van der Waals surface area contributed by atoms with E-state index in [-0.39, 0.29) is 34.4 Å². The second-order valence-electron chi connectivity index (χ2n) is 9.58. The van der Waals surface area contributed by atoms with Crippen molar-refractivity contribution in [2.45, 2.75) is 35.5 Å². The van der Waals surface area contributed by atoms with Crippen LogP contribution in [0.25, 0.3) is 0 Å². The van der Waals surface area contributed by atoms with E-state index >= 15 is 0 Å². The number of sulfonamides is 2. The topological polar surface area (TPSA) is 151 Å². The van der Waals surface area contributed by atoms with Crippen molar-refractivity contribution in [1.82, 2.24) is 0 Å². The summed E-state index contributed by atoms with van der Waals surface area (Å²) in [6.07, 6.45) is 1.30. The Morgan fingerprint density at radius 2 is 0.773 bits per heavy atom. The van der Waals surface area contributed by atoms with Crippen molar-refractivity contribution in [3.63, 3.8) is 0 Å². The summed E-state index contributed by atoms with van der Waals surface area (Å²) in [6.45, 7) is 0. The first-order valence-corrected chi connectivity index (χ1v) is 18.4. The molecule has 230 valence electrons. The van der Waals surface area contributed by atoms with Crippen molar-refractivity contribution in [3.8, 4) is 0 Å². The van der Waals surface area contributed by atoms with Crippen molar-refractivity contribution in [1.29, 1.82) is 0 Å². The van der Waals surface area contributed by atoms with Gasteiger partial charge in [-0.05, 0) is 155 Å². The lowest BCUT2D eigenvalue weighted by Gasteiger charge is -2.10. The lowest BCUT2D eigenvalue weighted by Crippen LogP contribution is -2.15. The fraction of sp³-hybridized carbons (Fsp3) is 0.133. The lowest BCUT2D eigenvalue weighted by molar-refractivity contribution is -0.118. The summed E-state index contributed by atoms with van der Waals surface area (Å²) < 4.78 is 57.5. The number of anilines is 4. The lowest BCUT2D eigenvalue weighted by atomic mass is 10.1. The third-order valence-electron chi connectivity index (χ3n) is 6.15. The number of carbonyl (C=O) groups is 2. The van der Waals surface area contributed by atoms with Gasteiger partial charge in [0.1, 0.15) is 0 Å². The molecule has 4 aromatic carbocycles. The average Bonchev–Trinajstić information content (AvgIpc) is 2.98.